The molecule has 0 aliphatic rings. The van der Waals surface area contributed by atoms with Crippen LogP contribution in [0.25, 0.3) is 0 Å². The Kier molecular flexibility index (Phi) is 4.50. The quantitative estimate of drug-likeness (QED) is 0.820. The average Bonchev–Trinajstić information content (AvgIpc) is 2.46. The lowest BCUT2D eigenvalue weighted by Gasteiger charge is -2.11. The number of aldehydes is 1. The van der Waals surface area contributed by atoms with Crippen molar-refractivity contribution in [2.24, 2.45) is 0 Å². The van der Waals surface area contributed by atoms with E-state index in [2.05, 4.69) is 0 Å². The highest BCUT2D eigenvalue weighted by molar-refractivity contribution is 5.79. The molecule has 0 unspecified atom stereocenters. The highest BCUT2D eigenvalue weighted by Crippen LogP contribution is 2.19. The summed E-state index contributed by atoms with van der Waals surface area (Å²) in [5.41, 5.74) is 1.99. The van der Waals surface area contributed by atoms with Gasteiger partial charge in [-0.2, -0.15) is 0 Å². The molecule has 0 heterocycles. The van der Waals surface area contributed by atoms with Crippen LogP contribution in [0.15, 0.2) is 48.5 Å². The van der Waals surface area contributed by atoms with E-state index < -0.39 is 5.97 Å². The normalized spacial score (nSPS) is 10.0. The second kappa shape index (κ2) is 6.52. The number of ether oxygens (including phenoxy) is 1. The highest BCUT2D eigenvalue weighted by Gasteiger charge is 2.08. The maximum absolute atomic E-state index is 10.9. The predicted molar refractivity (Wildman–Crippen MR) is 73.9 cm³/mol. The van der Waals surface area contributed by atoms with Gasteiger partial charge in [0.25, 0.3) is 0 Å². The summed E-state index contributed by atoms with van der Waals surface area (Å²) in [6, 6.07) is 14.1. The molecule has 2 aromatic carbocycles. The highest BCUT2D eigenvalue weighted by atomic mass is 16.5. The first-order valence-corrected chi connectivity index (χ1v) is 6.16. The van der Waals surface area contributed by atoms with Gasteiger partial charge in [0.1, 0.15) is 12.4 Å². The van der Waals surface area contributed by atoms with Crippen LogP contribution in [0.5, 0.6) is 5.75 Å². The third kappa shape index (κ3) is 3.45. The molecule has 0 atom stereocenters. The summed E-state index contributed by atoms with van der Waals surface area (Å²) in [6.07, 6.45) is 0.688. The van der Waals surface area contributed by atoms with Gasteiger partial charge in [-0.3, -0.25) is 9.59 Å². The first-order chi connectivity index (χ1) is 9.70. The molecule has 4 nitrogen and oxygen atoms in total. The van der Waals surface area contributed by atoms with Gasteiger partial charge in [0.15, 0.2) is 6.29 Å². The lowest BCUT2D eigenvalue weighted by atomic mass is 10.1. The standard InChI is InChI=1S/C16H14O4/c17-10-13-6-3-4-8-15(13)20-11-14-7-2-1-5-12(14)9-16(18)19/h1-8,10H,9,11H2,(H,18,19). The topological polar surface area (TPSA) is 63.6 Å². The summed E-state index contributed by atoms with van der Waals surface area (Å²) < 4.78 is 5.61. The van der Waals surface area contributed by atoms with Crippen LogP contribution in [0.1, 0.15) is 21.5 Å². The summed E-state index contributed by atoms with van der Waals surface area (Å²) in [6.45, 7) is 0.230. The van der Waals surface area contributed by atoms with E-state index >= 15 is 0 Å². The molecular formula is C16H14O4. The maximum Gasteiger partial charge on any atom is 0.307 e. The average molecular weight is 270 g/mol. The molecule has 0 aliphatic carbocycles. The minimum Gasteiger partial charge on any atom is -0.488 e. The fraction of sp³-hybridized carbons (Fsp3) is 0.125. The van der Waals surface area contributed by atoms with Gasteiger partial charge in [-0.25, -0.2) is 0 Å². The fourth-order valence-corrected chi connectivity index (χ4v) is 1.90. The Morgan fingerprint density at radius 3 is 2.40 bits per heavy atom. The molecule has 0 aromatic heterocycles. The summed E-state index contributed by atoms with van der Waals surface area (Å²) in [4.78, 5) is 21.7. The molecule has 102 valence electrons. The number of carbonyl (C=O) groups is 2. The van der Waals surface area contributed by atoms with E-state index in [9.17, 15) is 9.59 Å². The van der Waals surface area contributed by atoms with Crippen molar-refractivity contribution in [3.63, 3.8) is 0 Å². The van der Waals surface area contributed by atoms with E-state index in [1.807, 2.05) is 12.1 Å². The van der Waals surface area contributed by atoms with Gasteiger partial charge in [-0.15, -0.1) is 0 Å². The van der Waals surface area contributed by atoms with E-state index in [0.29, 0.717) is 16.9 Å². The minimum absolute atomic E-state index is 0.0468. The number of hydrogen-bond acceptors (Lipinski definition) is 3. The van der Waals surface area contributed by atoms with Crippen LogP contribution in [0.4, 0.5) is 0 Å². The van der Waals surface area contributed by atoms with Crippen LogP contribution in [0.3, 0.4) is 0 Å². The molecule has 0 radical (unpaired) electrons. The van der Waals surface area contributed by atoms with Crippen LogP contribution in [0.2, 0.25) is 0 Å². The maximum atomic E-state index is 10.9. The van der Waals surface area contributed by atoms with Crippen molar-refractivity contribution in [2.45, 2.75) is 13.0 Å². The lowest BCUT2D eigenvalue weighted by Crippen LogP contribution is -2.06. The number of hydrogen-bond donors (Lipinski definition) is 1. The van der Waals surface area contributed by atoms with Crippen LogP contribution in [0, 0.1) is 0 Å². The van der Waals surface area contributed by atoms with Crippen molar-refractivity contribution in [1.29, 1.82) is 0 Å². The van der Waals surface area contributed by atoms with Crippen LogP contribution < -0.4 is 4.74 Å². The molecule has 0 amide bonds. The number of carboxylic acids is 1. The second-order valence-corrected chi connectivity index (χ2v) is 4.28. The number of rotatable bonds is 6. The molecule has 20 heavy (non-hydrogen) atoms. The van der Waals surface area contributed by atoms with Gasteiger partial charge in [0.2, 0.25) is 0 Å². The molecular weight excluding hydrogens is 256 g/mol. The van der Waals surface area contributed by atoms with Gasteiger partial charge in [-0.1, -0.05) is 36.4 Å². The van der Waals surface area contributed by atoms with E-state index in [1.54, 1.807) is 36.4 Å². The molecule has 0 saturated carbocycles. The van der Waals surface area contributed by atoms with Gasteiger partial charge in [-0.05, 0) is 23.3 Å². The summed E-state index contributed by atoms with van der Waals surface area (Å²) in [5, 5.41) is 8.87. The Balaban J connectivity index is 2.14. The molecule has 2 rings (SSSR count). The molecule has 0 fully saturated rings. The van der Waals surface area contributed by atoms with E-state index in [-0.39, 0.29) is 13.0 Å². The second-order valence-electron chi connectivity index (χ2n) is 4.28. The molecule has 0 saturated heterocycles. The number of carboxylic acid groups (broad SMARTS) is 1. The molecule has 0 spiro atoms. The summed E-state index contributed by atoms with van der Waals surface area (Å²) >= 11 is 0. The number of carbonyl (C=O) groups excluding carboxylic acids is 1. The minimum atomic E-state index is -0.884. The first-order valence-electron chi connectivity index (χ1n) is 6.16. The van der Waals surface area contributed by atoms with Crippen molar-refractivity contribution in [2.75, 3.05) is 0 Å². The smallest absolute Gasteiger partial charge is 0.307 e. The first kappa shape index (κ1) is 13.8. The number of benzene rings is 2. The Labute approximate surface area is 116 Å². The van der Waals surface area contributed by atoms with Crippen molar-refractivity contribution in [3.05, 3.63) is 65.2 Å². The third-order valence-electron chi connectivity index (χ3n) is 2.89. The molecule has 4 heteroatoms. The molecule has 0 aliphatic heterocycles. The van der Waals surface area contributed by atoms with Gasteiger partial charge >= 0.3 is 5.97 Å². The SMILES string of the molecule is O=Cc1ccccc1OCc1ccccc1CC(=O)O. The van der Waals surface area contributed by atoms with Crippen LogP contribution in [-0.4, -0.2) is 17.4 Å². The zero-order valence-electron chi connectivity index (χ0n) is 10.8. The lowest BCUT2D eigenvalue weighted by molar-refractivity contribution is -0.136. The Morgan fingerprint density at radius 1 is 1.05 bits per heavy atom. The Hall–Kier alpha value is -2.62. The Morgan fingerprint density at radius 2 is 1.70 bits per heavy atom. The summed E-state index contributed by atoms with van der Waals surface area (Å²) in [5.74, 6) is -0.390. The molecule has 1 N–H and O–H groups in total. The zero-order chi connectivity index (χ0) is 14.4. The van der Waals surface area contributed by atoms with E-state index in [1.165, 1.54) is 0 Å². The van der Waals surface area contributed by atoms with Gasteiger partial charge in [0.05, 0.1) is 12.0 Å². The number of para-hydroxylation sites is 1. The molecule has 0 bridgehead atoms. The Bertz CT molecular complexity index is 619. The monoisotopic (exact) mass is 270 g/mol. The molecule has 2 aromatic rings. The van der Waals surface area contributed by atoms with Crippen LogP contribution in [-0.2, 0) is 17.8 Å². The van der Waals surface area contributed by atoms with Gasteiger partial charge in [0, 0.05) is 0 Å². The predicted octanol–water partition coefficient (Wildman–Crippen LogP) is 2.71. The largest absolute Gasteiger partial charge is 0.488 e. The van der Waals surface area contributed by atoms with Crippen molar-refractivity contribution < 1.29 is 19.4 Å². The summed E-state index contributed by atoms with van der Waals surface area (Å²) in [7, 11) is 0. The van der Waals surface area contributed by atoms with Crippen LogP contribution >= 0.6 is 0 Å². The van der Waals surface area contributed by atoms with Crippen molar-refractivity contribution in [3.8, 4) is 5.75 Å². The zero-order valence-corrected chi connectivity index (χ0v) is 10.8. The van der Waals surface area contributed by atoms with Crippen molar-refractivity contribution in [1.82, 2.24) is 0 Å². The van der Waals surface area contributed by atoms with E-state index in [4.69, 9.17) is 9.84 Å². The van der Waals surface area contributed by atoms with E-state index in [0.717, 1.165) is 11.8 Å². The fourth-order valence-electron chi connectivity index (χ4n) is 1.90. The van der Waals surface area contributed by atoms with Crippen molar-refractivity contribution >= 4 is 12.3 Å². The number of aliphatic carboxylic acids is 1. The third-order valence-corrected chi connectivity index (χ3v) is 2.89. The van der Waals surface area contributed by atoms with Gasteiger partial charge < -0.3 is 9.84 Å².